The van der Waals surface area contributed by atoms with Gasteiger partial charge in [-0.3, -0.25) is 4.79 Å². The van der Waals surface area contributed by atoms with E-state index in [1.807, 2.05) is 12.1 Å². The summed E-state index contributed by atoms with van der Waals surface area (Å²) in [6.45, 7) is 5.11. The Labute approximate surface area is 142 Å². The van der Waals surface area contributed by atoms with Crippen molar-refractivity contribution in [3.8, 4) is 0 Å². The molecule has 0 saturated carbocycles. The Morgan fingerprint density at radius 2 is 1.95 bits per heavy atom. The van der Waals surface area contributed by atoms with E-state index < -0.39 is 0 Å². The summed E-state index contributed by atoms with van der Waals surface area (Å²) in [6.07, 6.45) is 2.00. The summed E-state index contributed by atoms with van der Waals surface area (Å²) >= 11 is 8.16. The van der Waals surface area contributed by atoms with Crippen molar-refractivity contribution in [1.82, 2.24) is 5.32 Å². The van der Waals surface area contributed by atoms with Crippen LogP contribution in [0.4, 0.5) is 4.79 Å². The fourth-order valence-electron chi connectivity index (χ4n) is 1.72. The number of hydrogen-bond donors (Lipinski definition) is 1. The topological polar surface area (TPSA) is 29.1 Å². The first-order valence-corrected chi connectivity index (χ1v) is 9.61. The van der Waals surface area contributed by atoms with Crippen LogP contribution in [0.25, 0.3) is 0 Å². The molecule has 1 rings (SSSR count). The van der Waals surface area contributed by atoms with E-state index in [0.29, 0.717) is 17.3 Å². The van der Waals surface area contributed by atoms with Crippen molar-refractivity contribution in [2.45, 2.75) is 36.4 Å². The monoisotopic (exact) mass is 421 g/mol. The molecule has 0 fully saturated rings. The van der Waals surface area contributed by atoms with E-state index in [0.717, 1.165) is 23.1 Å². The number of hydrogen-bond acceptors (Lipinski definition) is 2. The Hall–Kier alpha value is 0. The van der Waals surface area contributed by atoms with Crippen LogP contribution in [-0.2, 0) is 6.42 Å². The van der Waals surface area contributed by atoms with Crippen LogP contribution in [-0.4, -0.2) is 21.9 Å². The molecular weight excluding hydrogens is 402 g/mol. The molecule has 0 bridgehead atoms. The molecule has 1 amide bonds. The Kier molecular flexibility index (Phi) is 8.89. The molecule has 1 aromatic rings. The molecule has 0 aliphatic rings. The number of halogens is 2. The second-order valence-electron chi connectivity index (χ2n) is 5.10. The van der Waals surface area contributed by atoms with E-state index in [9.17, 15) is 4.79 Å². The molecule has 1 aromatic carbocycles. The normalized spacial score (nSPS) is 12.4. The Morgan fingerprint density at radius 3 is 2.50 bits per heavy atom. The quantitative estimate of drug-likeness (QED) is 0.481. The van der Waals surface area contributed by atoms with Crippen molar-refractivity contribution >= 4 is 48.9 Å². The maximum Gasteiger partial charge on any atom is 0.283 e. The number of carbonyl (C=O) groups is 1. The third-order valence-electron chi connectivity index (χ3n) is 2.67. The minimum Gasteiger partial charge on any atom is -0.347 e. The summed E-state index contributed by atoms with van der Waals surface area (Å²) in [5, 5.41) is 3.82. The van der Waals surface area contributed by atoms with Gasteiger partial charge in [0.2, 0.25) is 0 Å². The summed E-state index contributed by atoms with van der Waals surface area (Å²) < 4.78 is 0. The van der Waals surface area contributed by atoms with Crippen LogP contribution in [0.1, 0.15) is 25.8 Å². The smallest absolute Gasteiger partial charge is 0.283 e. The number of rotatable bonds is 7. The number of thioether (sulfide) groups is 1. The van der Waals surface area contributed by atoms with E-state index >= 15 is 0 Å². The zero-order valence-electron chi connectivity index (χ0n) is 11.9. The first-order chi connectivity index (χ1) is 9.51. The zero-order chi connectivity index (χ0) is 15.0. The van der Waals surface area contributed by atoms with Gasteiger partial charge in [0, 0.05) is 21.6 Å². The fourth-order valence-corrected chi connectivity index (χ4v) is 2.93. The van der Waals surface area contributed by atoms with Gasteiger partial charge in [-0.2, -0.15) is 0 Å². The SMILES string of the molecule is CC(C)Cc1ccc(SC(=O)NCCC(Br)CBr)cc1. The van der Waals surface area contributed by atoms with Crippen molar-refractivity contribution in [3.63, 3.8) is 0 Å². The molecule has 2 nitrogen and oxygen atoms in total. The van der Waals surface area contributed by atoms with E-state index in [1.54, 1.807) is 0 Å². The van der Waals surface area contributed by atoms with Gasteiger partial charge in [-0.15, -0.1) is 0 Å². The first-order valence-electron chi connectivity index (χ1n) is 6.76. The average Bonchev–Trinajstić information content (AvgIpc) is 2.40. The van der Waals surface area contributed by atoms with Crippen molar-refractivity contribution in [2.75, 3.05) is 11.9 Å². The highest BCUT2D eigenvalue weighted by Gasteiger charge is 2.06. The molecule has 5 heteroatoms. The summed E-state index contributed by atoms with van der Waals surface area (Å²) in [6, 6.07) is 8.26. The summed E-state index contributed by atoms with van der Waals surface area (Å²) in [4.78, 5) is 13.2. The molecular formula is C15H21Br2NOS. The Balaban J connectivity index is 2.34. The number of alkyl halides is 2. The Bertz CT molecular complexity index is 409. The third-order valence-corrected chi connectivity index (χ3v) is 5.94. The lowest BCUT2D eigenvalue weighted by Gasteiger charge is -2.08. The summed E-state index contributed by atoms with van der Waals surface area (Å²) in [5.74, 6) is 0.656. The van der Waals surface area contributed by atoms with Crippen molar-refractivity contribution in [3.05, 3.63) is 29.8 Å². The lowest BCUT2D eigenvalue weighted by molar-refractivity contribution is 0.260. The van der Waals surface area contributed by atoms with Crippen LogP contribution in [0.15, 0.2) is 29.2 Å². The number of benzene rings is 1. The molecule has 0 aliphatic heterocycles. The number of amides is 1. The van der Waals surface area contributed by atoms with E-state index in [1.165, 1.54) is 17.3 Å². The van der Waals surface area contributed by atoms with Gasteiger partial charge in [0.1, 0.15) is 0 Å². The highest BCUT2D eigenvalue weighted by atomic mass is 79.9. The zero-order valence-corrected chi connectivity index (χ0v) is 15.9. The summed E-state index contributed by atoms with van der Waals surface area (Å²) in [5.41, 5.74) is 1.32. The minimum atomic E-state index is 0.0101. The van der Waals surface area contributed by atoms with Crippen molar-refractivity contribution < 1.29 is 4.79 Å². The van der Waals surface area contributed by atoms with Crippen LogP contribution < -0.4 is 5.32 Å². The fraction of sp³-hybridized carbons (Fsp3) is 0.533. The molecule has 0 aromatic heterocycles. The average molecular weight is 423 g/mol. The predicted octanol–water partition coefficient (Wildman–Crippen LogP) is 5.24. The Morgan fingerprint density at radius 1 is 1.30 bits per heavy atom. The van der Waals surface area contributed by atoms with Crippen molar-refractivity contribution in [1.29, 1.82) is 0 Å². The molecule has 0 spiro atoms. The highest BCUT2D eigenvalue weighted by Crippen LogP contribution is 2.20. The molecule has 0 heterocycles. The first kappa shape index (κ1) is 18.1. The maximum atomic E-state index is 11.8. The van der Waals surface area contributed by atoms with Crippen molar-refractivity contribution in [2.24, 2.45) is 5.92 Å². The van der Waals surface area contributed by atoms with E-state index in [-0.39, 0.29) is 5.24 Å². The van der Waals surface area contributed by atoms with Crippen LogP contribution in [0.3, 0.4) is 0 Å². The van der Waals surface area contributed by atoms with Gasteiger partial charge in [0.05, 0.1) is 0 Å². The van der Waals surface area contributed by atoms with Gasteiger partial charge in [-0.1, -0.05) is 57.8 Å². The van der Waals surface area contributed by atoms with Crippen LogP contribution in [0.5, 0.6) is 0 Å². The van der Waals surface area contributed by atoms with E-state index in [2.05, 4.69) is 63.2 Å². The predicted molar refractivity (Wildman–Crippen MR) is 95.4 cm³/mol. The van der Waals surface area contributed by atoms with Crippen LogP contribution in [0.2, 0.25) is 0 Å². The van der Waals surface area contributed by atoms with Crippen LogP contribution >= 0.6 is 43.6 Å². The lowest BCUT2D eigenvalue weighted by atomic mass is 10.0. The lowest BCUT2D eigenvalue weighted by Crippen LogP contribution is -2.22. The van der Waals surface area contributed by atoms with Crippen LogP contribution in [0, 0.1) is 5.92 Å². The highest BCUT2D eigenvalue weighted by molar-refractivity contribution is 9.12. The molecule has 1 unspecified atom stereocenters. The standard InChI is InChI=1S/C15H21Br2NOS/c1-11(2)9-12-3-5-14(6-4-12)20-15(19)18-8-7-13(17)10-16/h3-6,11,13H,7-10H2,1-2H3,(H,18,19). The molecule has 112 valence electrons. The van der Waals surface area contributed by atoms with Gasteiger partial charge >= 0.3 is 0 Å². The van der Waals surface area contributed by atoms with Gasteiger partial charge < -0.3 is 5.32 Å². The molecule has 1 N–H and O–H groups in total. The molecule has 20 heavy (non-hydrogen) atoms. The van der Waals surface area contributed by atoms with Gasteiger partial charge in [-0.05, 0) is 48.2 Å². The summed E-state index contributed by atoms with van der Waals surface area (Å²) in [7, 11) is 0. The second-order valence-corrected chi connectivity index (χ2v) is 8.09. The van der Waals surface area contributed by atoms with Gasteiger partial charge in [-0.25, -0.2) is 0 Å². The molecule has 0 saturated heterocycles. The number of carbonyl (C=O) groups excluding carboxylic acids is 1. The largest absolute Gasteiger partial charge is 0.347 e. The van der Waals surface area contributed by atoms with Gasteiger partial charge in [0.15, 0.2) is 0 Å². The number of nitrogens with one attached hydrogen (secondary N) is 1. The molecule has 0 radical (unpaired) electrons. The molecule has 0 aliphatic carbocycles. The van der Waals surface area contributed by atoms with Gasteiger partial charge in [0.25, 0.3) is 5.24 Å². The maximum absolute atomic E-state index is 11.8. The van der Waals surface area contributed by atoms with E-state index in [4.69, 9.17) is 0 Å². The second kappa shape index (κ2) is 9.85. The minimum absolute atomic E-state index is 0.0101. The third kappa shape index (κ3) is 7.70. The molecule has 1 atom stereocenters.